The number of hydrogen-bond donors (Lipinski definition) is 2. The van der Waals surface area contributed by atoms with Crippen LogP contribution in [-0.2, 0) is 0 Å². The Labute approximate surface area is 132 Å². The maximum atomic E-state index is 6.05. The highest BCUT2D eigenvalue weighted by Gasteiger charge is 2.28. The zero-order chi connectivity index (χ0) is 16.0. The minimum Gasteiger partial charge on any atom is -0.474 e. The topological polar surface area (TPSA) is 106 Å². The van der Waals surface area contributed by atoms with E-state index in [2.05, 4.69) is 37.0 Å². The lowest BCUT2D eigenvalue weighted by Gasteiger charge is -2.30. The smallest absolute Gasteiger partial charge is 0.246 e. The molecule has 1 aliphatic rings. The van der Waals surface area contributed by atoms with E-state index in [0.29, 0.717) is 36.3 Å². The molecule has 0 spiro atoms. The maximum absolute atomic E-state index is 6.05. The largest absolute Gasteiger partial charge is 0.474 e. The van der Waals surface area contributed by atoms with E-state index in [-0.39, 0.29) is 6.04 Å². The van der Waals surface area contributed by atoms with E-state index >= 15 is 0 Å². The van der Waals surface area contributed by atoms with Crippen molar-refractivity contribution in [3.8, 4) is 5.88 Å². The van der Waals surface area contributed by atoms with E-state index in [4.69, 9.17) is 10.5 Å². The van der Waals surface area contributed by atoms with Gasteiger partial charge in [0.15, 0.2) is 5.65 Å². The summed E-state index contributed by atoms with van der Waals surface area (Å²) in [4.78, 5) is 15.4. The Morgan fingerprint density at radius 3 is 3.09 bits per heavy atom. The Kier molecular flexibility index (Phi) is 3.03. The van der Waals surface area contributed by atoms with Gasteiger partial charge >= 0.3 is 0 Å². The molecule has 0 bridgehead atoms. The SMILES string of the molecule is Cc1nc2c3c(n[nH]c3n1)OCCN2C(C)c1cccnc1N. The third-order valence-corrected chi connectivity index (χ3v) is 4.11. The minimum atomic E-state index is 0.00523. The average molecular weight is 311 g/mol. The molecular weight excluding hydrogens is 294 g/mol. The number of hydrogen-bond acceptors (Lipinski definition) is 7. The summed E-state index contributed by atoms with van der Waals surface area (Å²) in [5.74, 6) is 2.56. The zero-order valence-electron chi connectivity index (χ0n) is 12.9. The Morgan fingerprint density at radius 1 is 1.39 bits per heavy atom. The van der Waals surface area contributed by atoms with Gasteiger partial charge in [0.25, 0.3) is 0 Å². The monoisotopic (exact) mass is 311 g/mol. The van der Waals surface area contributed by atoms with Gasteiger partial charge in [-0.15, -0.1) is 5.10 Å². The highest BCUT2D eigenvalue weighted by molar-refractivity contribution is 5.92. The van der Waals surface area contributed by atoms with Crippen LogP contribution in [0.4, 0.5) is 11.6 Å². The number of aromatic amines is 1. The van der Waals surface area contributed by atoms with Crippen LogP contribution < -0.4 is 15.4 Å². The van der Waals surface area contributed by atoms with Gasteiger partial charge < -0.3 is 15.4 Å². The van der Waals surface area contributed by atoms with Gasteiger partial charge in [0.05, 0.1) is 12.6 Å². The molecule has 0 saturated carbocycles. The van der Waals surface area contributed by atoms with Crippen molar-refractivity contribution in [2.45, 2.75) is 19.9 Å². The summed E-state index contributed by atoms with van der Waals surface area (Å²) in [7, 11) is 0. The highest BCUT2D eigenvalue weighted by Crippen LogP contribution is 2.37. The van der Waals surface area contributed by atoms with E-state index < -0.39 is 0 Å². The number of nitrogen functional groups attached to an aromatic ring is 1. The lowest BCUT2D eigenvalue weighted by molar-refractivity contribution is 0.315. The first-order valence-corrected chi connectivity index (χ1v) is 7.47. The third-order valence-electron chi connectivity index (χ3n) is 4.11. The molecule has 8 heteroatoms. The molecule has 0 aliphatic carbocycles. The lowest BCUT2D eigenvalue weighted by atomic mass is 10.1. The standard InChI is InChI=1S/C15H17N7O/c1-8(10-4-3-5-17-12(10)16)22-6-7-23-15-11-13(20-21-15)18-9(2)19-14(11)22/h3-5,8H,6-7H2,1-2H3,(H2,16,17)(H,18,19,20,21). The Bertz CT molecular complexity index is 875. The predicted molar refractivity (Wildman–Crippen MR) is 86.3 cm³/mol. The van der Waals surface area contributed by atoms with Crippen LogP contribution in [0.3, 0.4) is 0 Å². The van der Waals surface area contributed by atoms with Crippen LogP contribution in [0.25, 0.3) is 11.0 Å². The normalized spacial score (nSPS) is 15.3. The van der Waals surface area contributed by atoms with E-state index in [1.807, 2.05) is 19.1 Å². The number of nitrogens with one attached hydrogen (secondary N) is 1. The molecule has 8 nitrogen and oxygen atoms in total. The lowest BCUT2D eigenvalue weighted by Crippen LogP contribution is -2.31. The second-order valence-electron chi connectivity index (χ2n) is 5.54. The molecule has 3 aromatic heterocycles. The molecular formula is C15H17N7O. The van der Waals surface area contributed by atoms with Crippen molar-refractivity contribution < 1.29 is 4.74 Å². The number of aromatic nitrogens is 5. The van der Waals surface area contributed by atoms with Crippen LogP contribution in [0.5, 0.6) is 5.88 Å². The molecule has 0 amide bonds. The summed E-state index contributed by atoms with van der Waals surface area (Å²) < 4.78 is 5.74. The predicted octanol–water partition coefficient (Wildman–Crippen LogP) is 1.60. The molecule has 0 aromatic carbocycles. The third kappa shape index (κ3) is 2.14. The fourth-order valence-corrected chi connectivity index (χ4v) is 2.98. The maximum Gasteiger partial charge on any atom is 0.246 e. The van der Waals surface area contributed by atoms with Crippen molar-refractivity contribution in [3.05, 3.63) is 29.7 Å². The Morgan fingerprint density at radius 2 is 2.26 bits per heavy atom. The molecule has 1 aliphatic heterocycles. The average Bonchev–Trinajstić information content (AvgIpc) is 2.84. The molecule has 0 saturated heterocycles. The summed E-state index contributed by atoms with van der Waals surface area (Å²) in [6, 6.07) is 3.88. The van der Waals surface area contributed by atoms with Gasteiger partial charge in [-0.2, -0.15) is 0 Å². The van der Waals surface area contributed by atoms with Crippen molar-refractivity contribution in [2.24, 2.45) is 0 Å². The summed E-state index contributed by atoms with van der Waals surface area (Å²) in [6.45, 7) is 5.14. The van der Waals surface area contributed by atoms with Gasteiger partial charge in [-0.25, -0.2) is 15.0 Å². The van der Waals surface area contributed by atoms with Crippen molar-refractivity contribution in [1.82, 2.24) is 25.1 Å². The summed E-state index contributed by atoms with van der Waals surface area (Å²) in [5.41, 5.74) is 7.69. The first-order chi connectivity index (χ1) is 11.1. The van der Waals surface area contributed by atoms with Crippen molar-refractivity contribution in [2.75, 3.05) is 23.8 Å². The molecule has 4 heterocycles. The van der Waals surface area contributed by atoms with Crippen molar-refractivity contribution >= 4 is 22.7 Å². The molecule has 4 rings (SSSR count). The van der Waals surface area contributed by atoms with E-state index in [0.717, 1.165) is 16.8 Å². The van der Waals surface area contributed by atoms with Crippen molar-refractivity contribution in [3.63, 3.8) is 0 Å². The number of aryl methyl sites for hydroxylation is 1. The second-order valence-corrected chi connectivity index (χ2v) is 5.54. The fraction of sp³-hybridized carbons (Fsp3) is 0.333. The van der Waals surface area contributed by atoms with Crippen LogP contribution in [0, 0.1) is 6.92 Å². The van der Waals surface area contributed by atoms with Gasteiger partial charge in [0, 0.05) is 11.8 Å². The molecule has 3 N–H and O–H groups in total. The number of nitrogens with zero attached hydrogens (tertiary/aromatic N) is 5. The number of nitrogens with two attached hydrogens (primary N) is 1. The molecule has 1 unspecified atom stereocenters. The van der Waals surface area contributed by atoms with Gasteiger partial charge in [0.1, 0.15) is 29.5 Å². The summed E-state index contributed by atoms with van der Waals surface area (Å²) in [6.07, 6.45) is 1.69. The Hall–Kier alpha value is -2.90. The molecule has 0 radical (unpaired) electrons. The quantitative estimate of drug-likeness (QED) is 0.740. The second kappa shape index (κ2) is 5.08. The molecule has 1 atom stereocenters. The molecule has 0 fully saturated rings. The number of ether oxygens (including phenoxy) is 1. The zero-order valence-corrected chi connectivity index (χ0v) is 12.9. The van der Waals surface area contributed by atoms with E-state index in [1.54, 1.807) is 6.20 Å². The first-order valence-electron chi connectivity index (χ1n) is 7.47. The van der Waals surface area contributed by atoms with Crippen LogP contribution in [0.2, 0.25) is 0 Å². The number of rotatable bonds is 2. The van der Waals surface area contributed by atoms with Crippen LogP contribution in [-0.4, -0.2) is 38.3 Å². The van der Waals surface area contributed by atoms with E-state index in [9.17, 15) is 0 Å². The number of anilines is 2. The van der Waals surface area contributed by atoms with E-state index in [1.165, 1.54) is 0 Å². The number of pyridine rings is 1. The summed E-state index contributed by atoms with van der Waals surface area (Å²) in [5, 5.41) is 7.91. The Balaban J connectivity index is 1.88. The van der Waals surface area contributed by atoms with Crippen LogP contribution >= 0.6 is 0 Å². The van der Waals surface area contributed by atoms with Crippen molar-refractivity contribution in [1.29, 1.82) is 0 Å². The summed E-state index contributed by atoms with van der Waals surface area (Å²) >= 11 is 0. The van der Waals surface area contributed by atoms with Gasteiger partial charge in [-0.05, 0) is 19.9 Å². The van der Waals surface area contributed by atoms with Gasteiger partial charge in [-0.3, -0.25) is 5.10 Å². The molecule has 3 aromatic rings. The fourth-order valence-electron chi connectivity index (χ4n) is 2.98. The molecule has 23 heavy (non-hydrogen) atoms. The van der Waals surface area contributed by atoms with Crippen LogP contribution in [0.1, 0.15) is 24.4 Å². The minimum absolute atomic E-state index is 0.00523. The molecule has 118 valence electrons. The number of H-pyrrole nitrogens is 1. The first kappa shape index (κ1) is 13.7. The van der Waals surface area contributed by atoms with Gasteiger partial charge in [0.2, 0.25) is 5.88 Å². The van der Waals surface area contributed by atoms with Crippen LogP contribution in [0.15, 0.2) is 18.3 Å². The van der Waals surface area contributed by atoms with Gasteiger partial charge in [-0.1, -0.05) is 6.07 Å². The highest BCUT2D eigenvalue weighted by atomic mass is 16.5.